The van der Waals surface area contributed by atoms with Crippen molar-refractivity contribution in [3.63, 3.8) is 0 Å². The molecule has 1 aliphatic rings. The molecule has 0 aliphatic heterocycles. The Balaban J connectivity index is 2.06. The van der Waals surface area contributed by atoms with Crippen molar-refractivity contribution >= 4 is 38.9 Å². The van der Waals surface area contributed by atoms with Gasteiger partial charge in [0.25, 0.3) is 10.0 Å². The fourth-order valence-corrected chi connectivity index (χ4v) is 5.64. The molecule has 3 rings (SSSR count). The quantitative estimate of drug-likeness (QED) is 0.701. The molecule has 0 amide bonds. The maximum atomic E-state index is 13.3. The van der Waals surface area contributed by atoms with Crippen molar-refractivity contribution in [1.29, 1.82) is 0 Å². The molecular weight excluding hydrogens is 435 g/mol. The van der Waals surface area contributed by atoms with E-state index in [1.165, 1.54) is 19.2 Å². The van der Waals surface area contributed by atoms with E-state index in [2.05, 4.69) is 9.62 Å². The Hall–Kier alpha value is -1.67. The SMILES string of the molecule is COc1ccc(S(=O)(=O)Nc2cc(Cl)cc(Cl)c2OC)c2c1CC(N(C)C)CC2. The van der Waals surface area contributed by atoms with Crippen LogP contribution in [0.5, 0.6) is 11.5 Å². The zero-order valence-electron chi connectivity index (χ0n) is 16.8. The lowest BCUT2D eigenvalue weighted by Gasteiger charge is -2.31. The van der Waals surface area contributed by atoms with Crippen LogP contribution < -0.4 is 14.2 Å². The predicted molar refractivity (Wildman–Crippen MR) is 116 cm³/mol. The summed E-state index contributed by atoms with van der Waals surface area (Å²) in [6, 6.07) is 6.58. The first-order valence-corrected chi connectivity index (χ1v) is 11.3. The minimum Gasteiger partial charge on any atom is -0.496 e. The third-order valence-electron chi connectivity index (χ3n) is 5.21. The monoisotopic (exact) mass is 458 g/mol. The van der Waals surface area contributed by atoms with Gasteiger partial charge in [-0.3, -0.25) is 4.72 Å². The standard InChI is InChI=1S/C20H24Cl2N2O4S/c1-24(2)13-5-6-14-15(11-13)18(27-3)7-8-19(14)29(25,26)23-17-10-12(21)9-16(22)20(17)28-4/h7-10,13,23H,5-6,11H2,1-4H3. The number of hydrogen-bond acceptors (Lipinski definition) is 5. The van der Waals surface area contributed by atoms with Crippen molar-refractivity contribution in [2.45, 2.75) is 30.2 Å². The Morgan fingerprint density at radius 2 is 1.83 bits per heavy atom. The van der Waals surface area contributed by atoms with Gasteiger partial charge in [-0.25, -0.2) is 8.42 Å². The van der Waals surface area contributed by atoms with E-state index in [4.69, 9.17) is 32.7 Å². The number of anilines is 1. The second kappa shape index (κ2) is 8.60. The lowest BCUT2D eigenvalue weighted by molar-refractivity contribution is 0.263. The Bertz CT molecular complexity index is 1030. The fraction of sp³-hybridized carbons (Fsp3) is 0.400. The lowest BCUT2D eigenvalue weighted by atomic mass is 9.87. The first kappa shape index (κ1) is 22.0. The molecule has 9 heteroatoms. The number of benzene rings is 2. The topological polar surface area (TPSA) is 67.9 Å². The molecule has 0 saturated carbocycles. The van der Waals surface area contributed by atoms with Crippen LogP contribution in [0.2, 0.25) is 10.0 Å². The van der Waals surface area contributed by atoms with Crippen molar-refractivity contribution in [2.24, 2.45) is 0 Å². The molecule has 158 valence electrons. The lowest BCUT2D eigenvalue weighted by Crippen LogP contribution is -2.34. The van der Waals surface area contributed by atoms with Crippen LogP contribution in [0.4, 0.5) is 5.69 Å². The molecule has 29 heavy (non-hydrogen) atoms. The van der Waals surface area contributed by atoms with Gasteiger partial charge >= 0.3 is 0 Å². The van der Waals surface area contributed by atoms with Gasteiger partial charge in [0.2, 0.25) is 0 Å². The predicted octanol–water partition coefficient (Wildman–Crippen LogP) is 4.23. The summed E-state index contributed by atoms with van der Waals surface area (Å²) in [7, 11) is 3.17. The van der Waals surface area contributed by atoms with Crippen molar-refractivity contribution in [3.8, 4) is 11.5 Å². The molecule has 1 N–H and O–H groups in total. The smallest absolute Gasteiger partial charge is 0.262 e. The average molecular weight is 459 g/mol. The van der Waals surface area contributed by atoms with Crippen molar-refractivity contribution in [2.75, 3.05) is 33.0 Å². The Kier molecular flexibility index (Phi) is 6.53. The van der Waals surface area contributed by atoms with Gasteiger partial charge in [0, 0.05) is 16.6 Å². The van der Waals surface area contributed by atoms with Gasteiger partial charge in [-0.2, -0.15) is 0 Å². The molecule has 1 atom stereocenters. The third-order valence-corrected chi connectivity index (χ3v) is 7.16. The molecule has 0 fully saturated rings. The fourth-order valence-electron chi connectivity index (χ4n) is 3.72. The van der Waals surface area contributed by atoms with Gasteiger partial charge < -0.3 is 14.4 Å². The molecule has 1 aliphatic carbocycles. The maximum Gasteiger partial charge on any atom is 0.262 e. The summed E-state index contributed by atoms with van der Waals surface area (Å²) in [6.45, 7) is 0. The number of nitrogens with zero attached hydrogens (tertiary/aromatic N) is 1. The minimum absolute atomic E-state index is 0.191. The molecule has 0 saturated heterocycles. The number of halogens is 2. The zero-order chi connectivity index (χ0) is 21.3. The summed E-state index contributed by atoms with van der Waals surface area (Å²) in [5, 5.41) is 0.530. The van der Waals surface area contributed by atoms with Gasteiger partial charge in [-0.15, -0.1) is 0 Å². The molecule has 6 nitrogen and oxygen atoms in total. The van der Waals surface area contributed by atoms with Crippen molar-refractivity contribution in [1.82, 2.24) is 4.90 Å². The molecule has 0 bridgehead atoms. The first-order chi connectivity index (χ1) is 13.7. The van der Waals surface area contributed by atoms with Crippen molar-refractivity contribution in [3.05, 3.63) is 45.4 Å². The largest absolute Gasteiger partial charge is 0.496 e. The van der Waals surface area contributed by atoms with E-state index in [0.29, 0.717) is 23.2 Å². The van der Waals surface area contributed by atoms with Crippen molar-refractivity contribution < 1.29 is 17.9 Å². The molecular formula is C20H24Cl2N2O4S. The van der Waals surface area contributed by atoms with E-state index in [1.807, 2.05) is 14.1 Å². The van der Waals surface area contributed by atoms with Crippen LogP contribution in [0.3, 0.4) is 0 Å². The number of methoxy groups -OCH3 is 2. The van der Waals surface area contributed by atoms with E-state index in [-0.39, 0.29) is 21.4 Å². The number of nitrogens with one attached hydrogen (secondary N) is 1. The van der Waals surface area contributed by atoms with Gasteiger partial charge in [0.05, 0.1) is 29.8 Å². The highest BCUT2D eigenvalue weighted by atomic mass is 35.5. The van der Waals surface area contributed by atoms with Gasteiger partial charge in [-0.1, -0.05) is 23.2 Å². The Labute approximate surface area is 181 Å². The molecule has 1 unspecified atom stereocenters. The van der Waals surface area contributed by atoms with Crippen LogP contribution in [0.1, 0.15) is 17.5 Å². The number of likely N-dealkylation sites (N-methyl/N-ethyl adjacent to an activating group) is 1. The molecule has 0 spiro atoms. The third kappa shape index (κ3) is 4.43. The van der Waals surface area contributed by atoms with Crippen LogP contribution in [0, 0.1) is 0 Å². The second-order valence-electron chi connectivity index (χ2n) is 7.16. The highest BCUT2D eigenvalue weighted by molar-refractivity contribution is 7.92. The van der Waals surface area contributed by atoms with E-state index >= 15 is 0 Å². The number of hydrogen-bond donors (Lipinski definition) is 1. The average Bonchev–Trinajstić information content (AvgIpc) is 2.65. The summed E-state index contributed by atoms with van der Waals surface area (Å²) in [5.74, 6) is 0.920. The molecule has 0 heterocycles. The minimum atomic E-state index is -3.90. The number of sulfonamides is 1. The number of ether oxygens (including phenoxy) is 2. The summed E-state index contributed by atoms with van der Waals surface area (Å²) in [4.78, 5) is 2.38. The molecule has 2 aromatic carbocycles. The van der Waals surface area contributed by atoms with Gasteiger partial charge in [0.15, 0.2) is 5.75 Å². The van der Waals surface area contributed by atoms with Crippen LogP contribution in [-0.4, -0.2) is 47.7 Å². The normalized spacial score (nSPS) is 16.4. The highest BCUT2D eigenvalue weighted by Crippen LogP contribution is 2.39. The van der Waals surface area contributed by atoms with Crippen LogP contribution in [0.25, 0.3) is 0 Å². The first-order valence-electron chi connectivity index (χ1n) is 9.09. The second-order valence-corrected chi connectivity index (χ2v) is 9.65. The molecule has 0 radical (unpaired) electrons. The number of rotatable bonds is 6. The molecule has 2 aromatic rings. The summed E-state index contributed by atoms with van der Waals surface area (Å²) < 4.78 is 39.9. The summed E-state index contributed by atoms with van der Waals surface area (Å²) in [5.41, 5.74) is 1.90. The Morgan fingerprint density at radius 3 is 2.45 bits per heavy atom. The summed E-state index contributed by atoms with van der Waals surface area (Å²) in [6.07, 6.45) is 2.22. The van der Waals surface area contributed by atoms with Crippen LogP contribution in [-0.2, 0) is 22.9 Å². The van der Waals surface area contributed by atoms with E-state index in [0.717, 1.165) is 24.0 Å². The number of fused-ring (bicyclic) bond motifs is 1. The van der Waals surface area contributed by atoms with E-state index in [1.54, 1.807) is 19.2 Å². The zero-order valence-corrected chi connectivity index (χ0v) is 19.1. The van der Waals surface area contributed by atoms with Crippen LogP contribution >= 0.6 is 23.2 Å². The van der Waals surface area contributed by atoms with Crippen LogP contribution in [0.15, 0.2) is 29.2 Å². The van der Waals surface area contributed by atoms with E-state index < -0.39 is 10.0 Å². The molecule has 0 aromatic heterocycles. The Morgan fingerprint density at radius 1 is 1.10 bits per heavy atom. The van der Waals surface area contributed by atoms with E-state index in [9.17, 15) is 8.42 Å². The van der Waals surface area contributed by atoms with Gasteiger partial charge in [0.1, 0.15) is 5.75 Å². The maximum absolute atomic E-state index is 13.3. The van der Waals surface area contributed by atoms with Gasteiger partial charge in [-0.05, 0) is 63.2 Å². The highest BCUT2D eigenvalue weighted by Gasteiger charge is 2.30. The summed E-state index contributed by atoms with van der Waals surface area (Å²) >= 11 is 12.2.